The molecule has 1 aromatic rings. The van der Waals surface area contributed by atoms with Gasteiger partial charge in [-0.2, -0.15) is 0 Å². The van der Waals surface area contributed by atoms with Gasteiger partial charge in [0.05, 0.1) is 0 Å². The highest BCUT2D eigenvalue weighted by atomic mass is 32.2. The van der Waals surface area contributed by atoms with Gasteiger partial charge >= 0.3 is 0 Å². The van der Waals surface area contributed by atoms with Crippen molar-refractivity contribution in [3.8, 4) is 0 Å². The van der Waals surface area contributed by atoms with Crippen molar-refractivity contribution in [2.75, 3.05) is 6.54 Å². The number of hydrogen-bond donors (Lipinski definition) is 2. The normalized spacial score (nSPS) is 12.1. The second kappa shape index (κ2) is 6.98. The summed E-state index contributed by atoms with van der Waals surface area (Å²) >= 11 is 0. The molecule has 0 aromatic heterocycles. The minimum absolute atomic E-state index is 0.290. The lowest BCUT2D eigenvalue weighted by Crippen LogP contribution is -2.25. The van der Waals surface area contributed by atoms with Crippen LogP contribution in [0.1, 0.15) is 32.8 Å². The van der Waals surface area contributed by atoms with Crippen LogP contribution in [0.3, 0.4) is 0 Å². The van der Waals surface area contributed by atoms with Crippen LogP contribution in [0, 0.1) is 5.82 Å². The number of rotatable bonds is 7. The van der Waals surface area contributed by atoms with Crippen LogP contribution in [0.15, 0.2) is 23.1 Å². The highest BCUT2D eigenvalue weighted by molar-refractivity contribution is 7.89. The predicted molar refractivity (Wildman–Crippen MR) is 73.9 cm³/mol. The zero-order valence-electron chi connectivity index (χ0n) is 11.5. The van der Waals surface area contributed by atoms with Crippen LogP contribution < -0.4 is 10.0 Å². The third-order valence-electron chi connectivity index (χ3n) is 2.54. The highest BCUT2D eigenvalue weighted by Crippen LogP contribution is 2.16. The second-order valence-electron chi connectivity index (χ2n) is 4.70. The minimum Gasteiger partial charge on any atom is -0.310 e. The fourth-order valence-electron chi connectivity index (χ4n) is 1.51. The van der Waals surface area contributed by atoms with E-state index in [-0.39, 0.29) is 10.9 Å². The van der Waals surface area contributed by atoms with Crippen LogP contribution in [0.2, 0.25) is 0 Å². The van der Waals surface area contributed by atoms with Crippen molar-refractivity contribution >= 4 is 10.0 Å². The van der Waals surface area contributed by atoms with Crippen LogP contribution in [0.5, 0.6) is 0 Å². The zero-order valence-corrected chi connectivity index (χ0v) is 12.3. The summed E-state index contributed by atoms with van der Waals surface area (Å²) in [5, 5.41) is 3.15. The molecule has 0 fully saturated rings. The van der Waals surface area contributed by atoms with Crippen LogP contribution in [-0.2, 0) is 16.6 Å². The fraction of sp³-hybridized carbons (Fsp3) is 0.538. The predicted octanol–water partition coefficient (Wildman–Crippen LogP) is 2.01. The first kappa shape index (κ1) is 16.1. The summed E-state index contributed by atoms with van der Waals surface area (Å²) < 4.78 is 39.8. The first-order chi connectivity index (χ1) is 8.86. The fourth-order valence-corrected chi connectivity index (χ4v) is 2.70. The molecule has 0 amide bonds. The molecule has 0 spiro atoms. The second-order valence-corrected chi connectivity index (χ2v) is 6.43. The molecule has 1 aromatic carbocycles. The van der Waals surface area contributed by atoms with Gasteiger partial charge in [-0.1, -0.05) is 26.8 Å². The van der Waals surface area contributed by atoms with Crippen molar-refractivity contribution in [1.29, 1.82) is 0 Å². The van der Waals surface area contributed by atoms with Gasteiger partial charge in [-0.05, 0) is 24.1 Å². The van der Waals surface area contributed by atoms with Gasteiger partial charge in [-0.25, -0.2) is 17.5 Å². The molecular formula is C13H21FN2O2S. The molecule has 6 heteroatoms. The van der Waals surface area contributed by atoms with Crippen molar-refractivity contribution in [3.63, 3.8) is 0 Å². The molecule has 0 unspecified atom stereocenters. The third kappa shape index (κ3) is 4.89. The number of hydrogen-bond acceptors (Lipinski definition) is 3. The van der Waals surface area contributed by atoms with E-state index in [1.165, 1.54) is 12.1 Å². The van der Waals surface area contributed by atoms with Gasteiger partial charge < -0.3 is 5.32 Å². The van der Waals surface area contributed by atoms with Gasteiger partial charge in [0.1, 0.15) is 10.7 Å². The molecule has 1 rings (SSSR count). The summed E-state index contributed by atoms with van der Waals surface area (Å²) in [7, 11) is -3.75. The Bertz CT molecular complexity index is 515. The first-order valence-electron chi connectivity index (χ1n) is 6.38. The standard InChI is InChI=1S/C13H21FN2O2S/c1-4-7-16-19(17,18)13-6-5-11(8-12(13)14)9-15-10(2)3/h5-6,8,10,15-16H,4,7,9H2,1-3H3. The summed E-state index contributed by atoms with van der Waals surface area (Å²) in [5.41, 5.74) is 0.723. The molecule has 0 radical (unpaired) electrons. The Kier molecular flexibility index (Phi) is 5.90. The number of halogens is 1. The van der Waals surface area contributed by atoms with E-state index in [2.05, 4.69) is 10.0 Å². The van der Waals surface area contributed by atoms with E-state index in [9.17, 15) is 12.8 Å². The van der Waals surface area contributed by atoms with Crippen LogP contribution in [-0.4, -0.2) is 21.0 Å². The molecule has 0 saturated carbocycles. The van der Waals surface area contributed by atoms with Crippen molar-refractivity contribution < 1.29 is 12.8 Å². The molecule has 108 valence electrons. The third-order valence-corrected chi connectivity index (χ3v) is 4.04. The van der Waals surface area contributed by atoms with Crippen molar-refractivity contribution in [2.45, 2.75) is 44.7 Å². The average molecular weight is 288 g/mol. The maximum absolute atomic E-state index is 13.9. The lowest BCUT2D eigenvalue weighted by atomic mass is 10.2. The van der Waals surface area contributed by atoms with E-state index in [1.807, 2.05) is 20.8 Å². The summed E-state index contributed by atoms with van der Waals surface area (Å²) in [6.45, 7) is 6.64. The summed E-state index contributed by atoms with van der Waals surface area (Å²) in [6, 6.07) is 4.48. The number of nitrogens with one attached hydrogen (secondary N) is 2. The van der Waals surface area contributed by atoms with E-state index in [0.29, 0.717) is 19.5 Å². The Labute approximate surface area is 114 Å². The molecule has 19 heavy (non-hydrogen) atoms. The SMILES string of the molecule is CCCNS(=O)(=O)c1ccc(CNC(C)C)cc1F. The first-order valence-corrected chi connectivity index (χ1v) is 7.86. The van der Waals surface area contributed by atoms with Gasteiger partial charge in [0.2, 0.25) is 10.0 Å². The summed E-state index contributed by atoms with van der Waals surface area (Å²) in [6.07, 6.45) is 0.664. The maximum atomic E-state index is 13.9. The van der Waals surface area contributed by atoms with Crippen LogP contribution in [0.4, 0.5) is 4.39 Å². The van der Waals surface area contributed by atoms with E-state index in [1.54, 1.807) is 6.07 Å². The maximum Gasteiger partial charge on any atom is 0.243 e. The van der Waals surface area contributed by atoms with E-state index < -0.39 is 15.8 Å². The molecule has 2 N–H and O–H groups in total. The molecule has 0 atom stereocenters. The molecule has 0 aliphatic carbocycles. The zero-order chi connectivity index (χ0) is 14.5. The van der Waals surface area contributed by atoms with E-state index >= 15 is 0 Å². The van der Waals surface area contributed by atoms with E-state index in [0.717, 1.165) is 5.56 Å². The molecule has 0 saturated heterocycles. The molecule has 0 bridgehead atoms. The number of benzene rings is 1. The van der Waals surface area contributed by atoms with E-state index in [4.69, 9.17) is 0 Å². The topological polar surface area (TPSA) is 58.2 Å². The van der Waals surface area contributed by atoms with Crippen LogP contribution in [0.25, 0.3) is 0 Å². The van der Waals surface area contributed by atoms with Gasteiger partial charge in [-0.3, -0.25) is 0 Å². The lowest BCUT2D eigenvalue weighted by molar-refractivity contribution is 0.551. The minimum atomic E-state index is -3.75. The summed E-state index contributed by atoms with van der Waals surface area (Å²) in [4.78, 5) is -0.297. The highest BCUT2D eigenvalue weighted by Gasteiger charge is 2.18. The molecule has 0 aliphatic rings. The number of sulfonamides is 1. The van der Waals surface area contributed by atoms with Gasteiger partial charge in [0.15, 0.2) is 0 Å². The van der Waals surface area contributed by atoms with Crippen molar-refractivity contribution in [2.24, 2.45) is 0 Å². The lowest BCUT2D eigenvalue weighted by Gasteiger charge is -2.10. The largest absolute Gasteiger partial charge is 0.310 e. The average Bonchev–Trinajstić information content (AvgIpc) is 2.33. The van der Waals surface area contributed by atoms with Gasteiger partial charge in [0.25, 0.3) is 0 Å². The van der Waals surface area contributed by atoms with Crippen molar-refractivity contribution in [1.82, 2.24) is 10.0 Å². The Balaban J connectivity index is 2.88. The Hall–Kier alpha value is -0.980. The van der Waals surface area contributed by atoms with Crippen molar-refractivity contribution in [3.05, 3.63) is 29.6 Å². The Morgan fingerprint density at radius 1 is 1.32 bits per heavy atom. The summed E-state index contributed by atoms with van der Waals surface area (Å²) in [5.74, 6) is -0.716. The quantitative estimate of drug-likeness (QED) is 0.807. The molecule has 0 aliphatic heterocycles. The van der Waals surface area contributed by atoms with Gasteiger partial charge in [-0.15, -0.1) is 0 Å². The monoisotopic (exact) mass is 288 g/mol. The molecular weight excluding hydrogens is 267 g/mol. The molecule has 4 nitrogen and oxygen atoms in total. The van der Waals surface area contributed by atoms with Crippen LogP contribution >= 0.6 is 0 Å². The Morgan fingerprint density at radius 2 is 2.00 bits per heavy atom. The molecule has 0 heterocycles. The smallest absolute Gasteiger partial charge is 0.243 e. The Morgan fingerprint density at radius 3 is 2.53 bits per heavy atom. The van der Waals surface area contributed by atoms with Gasteiger partial charge in [0, 0.05) is 19.1 Å².